The van der Waals surface area contributed by atoms with Crippen molar-refractivity contribution in [2.45, 2.75) is 12.3 Å². The van der Waals surface area contributed by atoms with Gasteiger partial charge in [-0.15, -0.1) is 0 Å². The molecule has 2 heterocycles. The molecular weight excluding hydrogens is 254 g/mol. The third-order valence-electron chi connectivity index (χ3n) is 3.55. The SMILES string of the molecule is COc1ccc(C2=NC3Oc4ccccc4C3O2)cc1. The quantitative estimate of drug-likeness (QED) is 0.840. The lowest BCUT2D eigenvalue weighted by molar-refractivity contribution is 0.118. The average molecular weight is 267 g/mol. The molecule has 0 aliphatic carbocycles. The summed E-state index contributed by atoms with van der Waals surface area (Å²) >= 11 is 0. The Morgan fingerprint density at radius 1 is 1.00 bits per heavy atom. The third-order valence-corrected chi connectivity index (χ3v) is 3.55. The van der Waals surface area contributed by atoms with Crippen molar-refractivity contribution in [3.63, 3.8) is 0 Å². The second-order valence-electron chi connectivity index (χ2n) is 4.75. The predicted molar refractivity (Wildman–Crippen MR) is 74.2 cm³/mol. The molecule has 2 atom stereocenters. The zero-order valence-electron chi connectivity index (χ0n) is 10.9. The fourth-order valence-corrected chi connectivity index (χ4v) is 2.53. The molecule has 0 saturated carbocycles. The molecule has 2 aromatic carbocycles. The molecule has 4 heteroatoms. The molecule has 2 unspecified atom stereocenters. The van der Waals surface area contributed by atoms with Crippen LogP contribution in [0.25, 0.3) is 0 Å². The van der Waals surface area contributed by atoms with E-state index in [0.717, 1.165) is 22.6 Å². The van der Waals surface area contributed by atoms with E-state index in [1.807, 2.05) is 48.5 Å². The highest BCUT2D eigenvalue weighted by molar-refractivity contribution is 5.95. The van der Waals surface area contributed by atoms with E-state index in [1.165, 1.54) is 0 Å². The molecule has 0 aromatic heterocycles. The number of para-hydroxylation sites is 1. The number of hydrogen-bond donors (Lipinski definition) is 0. The van der Waals surface area contributed by atoms with Crippen LogP contribution in [-0.2, 0) is 4.74 Å². The Morgan fingerprint density at radius 3 is 2.60 bits per heavy atom. The monoisotopic (exact) mass is 267 g/mol. The van der Waals surface area contributed by atoms with Gasteiger partial charge in [0, 0.05) is 11.1 Å². The number of nitrogens with zero attached hydrogens (tertiary/aromatic N) is 1. The van der Waals surface area contributed by atoms with Gasteiger partial charge < -0.3 is 14.2 Å². The molecule has 100 valence electrons. The second kappa shape index (κ2) is 4.27. The van der Waals surface area contributed by atoms with Gasteiger partial charge in [0.25, 0.3) is 0 Å². The summed E-state index contributed by atoms with van der Waals surface area (Å²) in [6.07, 6.45) is -0.409. The molecule has 0 N–H and O–H groups in total. The molecule has 0 spiro atoms. The molecule has 0 amide bonds. The predicted octanol–water partition coefficient (Wildman–Crippen LogP) is 2.93. The van der Waals surface area contributed by atoms with Crippen LogP contribution in [0.5, 0.6) is 11.5 Å². The number of fused-ring (bicyclic) bond motifs is 3. The number of aliphatic imine (C=N–C) groups is 1. The lowest BCUT2D eigenvalue weighted by Gasteiger charge is -2.08. The van der Waals surface area contributed by atoms with Crippen molar-refractivity contribution in [2.75, 3.05) is 7.11 Å². The summed E-state index contributed by atoms with van der Waals surface area (Å²) in [6.45, 7) is 0. The van der Waals surface area contributed by atoms with Crippen molar-refractivity contribution >= 4 is 5.90 Å². The van der Waals surface area contributed by atoms with Gasteiger partial charge in [0.15, 0.2) is 6.10 Å². The largest absolute Gasteiger partial charge is 0.497 e. The van der Waals surface area contributed by atoms with Crippen molar-refractivity contribution in [1.82, 2.24) is 0 Å². The van der Waals surface area contributed by atoms with Crippen molar-refractivity contribution in [3.8, 4) is 11.5 Å². The molecule has 2 aromatic rings. The molecule has 2 aliphatic rings. The number of ether oxygens (including phenoxy) is 3. The lowest BCUT2D eigenvalue weighted by Crippen LogP contribution is -2.11. The van der Waals surface area contributed by atoms with Gasteiger partial charge in [-0.2, -0.15) is 0 Å². The van der Waals surface area contributed by atoms with Gasteiger partial charge in [-0.05, 0) is 30.3 Å². The van der Waals surface area contributed by atoms with Crippen molar-refractivity contribution < 1.29 is 14.2 Å². The maximum Gasteiger partial charge on any atom is 0.234 e. The Bertz CT molecular complexity index is 678. The first-order valence-corrected chi connectivity index (χ1v) is 6.49. The van der Waals surface area contributed by atoms with E-state index in [9.17, 15) is 0 Å². The van der Waals surface area contributed by atoms with E-state index >= 15 is 0 Å². The fourth-order valence-electron chi connectivity index (χ4n) is 2.53. The van der Waals surface area contributed by atoms with E-state index in [-0.39, 0.29) is 12.3 Å². The summed E-state index contributed by atoms with van der Waals surface area (Å²) in [4.78, 5) is 4.52. The van der Waals surface area contributed by atoms with E-state index in [2.05, 4.69) is 4.99 Å². The number of methoxy groups -OCH3 is 1. The molecule has 4 rings (SSSR count). The van der Waals surface area contributed by atoms with Gasteiger partial charge in [0.05, 0.1) is 7.11 Å². The van der Waals surface area contributed by atoms with Crippen LogP contribution in [0.1, 0.15) is 17.2 Å². The van der Waals surface area contributed by atoms with Crippen molar-refractivity contribution in [3.05, 3.63) is 59.7 Å². The summed E-state index contributed by atoms with van der Waals surface area (Å²) in [5.74, 6) is 2.30. The van der Waals surface area contributed by atoms with Crippen LogP contribution in [0, 0.1) is 0 Å². The zero-order valence-corrected chi connectivity index (χ0v) is 10.9. The standard InChI is InChI=1S/C16H13NO3/c1-18-11-8-6-10(7-9-11)15-17-16-14(20-15)12-4-2-3-5-13(12)19-16/h2-9,14,16H,1H3. The van der Waals surface area contributed by atoms with Crippen LogP contribution in [0.4, 0.5) is 0 Å². The van der Waals surface area contributed by atoms with E-state index in [4.69, 9.17) is 14.2 Å². The molecule has 0 saturated heterocycles. The first-order valence-electron chi connectivity index (χ1n) is 6.49. The molecular formula is C16H13NO3. The van der Waals surface area contributed by atoms with Crippen molar-refractivity contribution in [1.29, 1.82) is 0 Å². The Morgan fingerprint density at radius 2 is 1.80 bits per heavy atom. The smallest absolute Gasteiger partial charge is 0.234 e. The molecule has 4 nitrogen and oxygen atoms in total. The van der Waals surface area contributed by atoms with Crippen LogP contribution in [-0.4, -0.2) is 19.2 Å². The maximum atomic E-state index is 5.96. The number of benzene rings is 2. The Balaban J connectivity index is 1.62. The van der Waals surface area contributed by atoms with Crippen LogP contribution < -0.4 is 9.47 Å². The number of hydrogen-bond acceptors (Lipinski definition) is 4. The molecule has 0 fully saturated rings. The molecule has 0 radical (unpaired) electrons. The van der Waals surface area contributed by atoms with E-state index in [0.29, 0.717) is 5.90 Å². The van der Waals surface area contributed by atoms with Gasteiger partial charge >= 0.3 is 0 Å². The minimum atomic E-state index is -0.274. The average Bonchev–Trinajstić information content (AvgIpc) is 3.05. The minimum Gasteiger partial charge on any atom is -0.497 e. The van der Waals surface area contributed by atoms with Gasteiger partial charge in [-0.25, -0.2) is 4.99 Å². The fraction of sp³-hybridized carbons (Fsp3) is 0.188. The highest BCUT2D eigenvalue weighted by atomic mass is 16.6. The van der Waals surface area contributed by atoms with Crippen LogP contribution in [0.3, 0.4) is 0 Å². The topological polar surface area (TPSA) is 40.0 Å². The Hall–Kier alpha value is -2.49. The molecule has 20 heavy (non-hydrogen) atoms. The zero-order chi connectivity index (χ0) is 13.5. The highest BCUT2D eigenvalue weighted by Gasteiger charge is 2.41. The summed E-state index contributed by atoms with van der Waals surface area (Å²) in [5.41, 5.74) is 1.99. The summed E-state index contributed by atoms with van der Waals surface area (Å²) in [5, 5.41) is 0. The molecule has 2 aliphatic heterocycles. The second-order valence-corrected chi connectivity index (χ2v) is 4.75. The summed E-state index contributed by atoms with van der Waals surface area (Å²) in [7, 11) is 1.65. The Kier molecular flexibility index (Phi) is 2.42. The van der Waals surface area contributed by atoms with Gasteiger partial charge in [0.2, 0.25) is 12.1 Å². The number of rotatable bonds is 2. The third kappa shape index (κ3) is 1.65. The minimum absolute atomic E-state index is 0.136. The van der Waals surface area contributed by atoms with E-state index in [1.54, 1.807) is 7.11 Å². The normalized spacial score (nSPS) is 22.4. The molecule has 0 bridgehead atoms. The first kappa shape index (κ1) is 11.3. The highest BCUT2D eigenvalue weighted by Crippen LogP contribution is 2.43. The van der Waals surface area contributed by atoms with Crippen LogP contribution in [0.15, 0.2) is 53.5 Å². The first-order chi connectivity index (χ1) is 9.85. The Labute approximate surface area is 116 Å². The summed E-state index contributed by atoms with van der Waals surface area (Å²) in [6, 6.07) is 15.6. The van der Waals surface area contributed by atoms with Gasteiger partial charge in [0.1, 0.15) is 11.5 Å². The van der Waals surface area contributed by atoms with Crippen molar-refractivity contribution in [2.24, 2.45) is 4.99 Å². The maximum absolute atomic E-state index is 5.96. The van der Waals surface area contributed by atoms with Crippen LogP contribution in [0.2, 0.25) is 0 Å². The van der Waals surface area contributed by atoms with Crippen LogP contribution >= 0.6 is 0 Å². The summed E-state index contributed by atoms with van der Waals surface area (Å²) < 4.78 is 16.9. The van der Waals surface area contributed by atoms with E-state index < -0.39 is 0 Å². The van der Waals surface area contributed by atoms with Gasteiger partial charge in [-0.3, -0.25) is 0 Å². The van der Waals surface area contributed by atoms with Gasteiger partial charge in [-0.1, -0.05) is 18.2 Å². The lowest BCUT2D eigenvalue weighted by atomic mass is 10.1.